The molecular weight excluding hydrogens is 454 g/mol. The van der Waals surface area contributed by atoms with Gasteiger partial charge >= 0.3 is 5.97 Å². The predicted octanol–water partition coefficient (Wildman–Crippen LogP) is 5.41. The van der Waals surface area contributed by atoms with Crippen LogP contribution in [0.1, 0.15) is 66.2 Å². The summed E-state index contributed by atoms with van der Waals surface area (Å²) < 4.78 is 0. The first-order chi connectivity index (χ1) is 17.0. The highest BCUT2D eigenvalue weighted by Crippen LogP contribution is 2.74. The third-order valence-corrected chi connectivity index (χ3v) is 11.2. The number of phenolic OH excluding ortho intramolecular Hbond substituents is 1. The molecule has 7 rings (SSSR count). The number of carbonyl (C=O) groups is 3. The summed E-state index contributed by atoms with van der Waals surface area (Å²) in [5, 5.41) is 20.3. The van der Waals surface area contributed by atoms with Crippen molar-refractivity contribution in [2.45, 2.75) is 66.2 Å². The van der Waals surface area contributed by atoms with Gasteiger partial charge in [0.2, 0.25) is 11.8 Å². The van der Waals surface area contributed by atoms with Crippen LogP contribution >= 0.6 is 0 Å². The number of carbonyl (C=O) groups excluding carboxylic acids is 2. The van der Waals surface area contributed by atoms with E-state index in [9.17, 15) is 24.6 Å². The van der Waals surface area contributed by atoms with Crippen molar-refractivity contribution in [3.8, 4) is 5.75 Å². The van der Waals surface area contributed by atoms with Gasteiger partial charge in [-0.15, -0.1) is 0 Å². The van der Waals surface area contributed by atoms with Crippen LogP contribution in [0.15, 0.2) is 35.9 Å². The zero-order chi connectivity index (χ0) is 25.8. The predicted molar refractivity (Wildman–Crippen MR) is 135 cm³/mol. The number of carboxylic acids is 1. The molecule has 36 heavy (non-hydrogen) atoms. The Morgan fingerprint density at radius 1 is 1.08 bits per heavy atom. The molecule has 0 unspecified atom stereocenters. The lowest BCUT2D eigenvalue weighted by Crippen LogP contribution is -2.65. The Kier molecular flexibility index (Phi) is 4.92. The summed E-state index contributed by atoms with van der Waals surface area (Å²) in [7, 11) is 0. The Labute approximate surface area is 212 Å². The number of phenols is 1. The van der Waals surface area contributed by atoms with Crippen molar-refractivity contribution in [3.63, 3.8) is 0 Å². The van der Waals surface area contributed by atoms with E-state index < -0.39 is 22.7 Å². The minimum absolute atomic E-state index is 0.00535. The SMILES string of the molecule is CC(C)C1=C[C@]23CC[C@H]4[C@](C)(CCC[C@@]4(C)C(=O)O)[C@@H]2C[C@@H]1[C@H]1C(=O)N(c2cccc(O)c2)C(=O)[C@@H]13. The van der Waals surface area contributed by atoms with Crippen LogP contribution in [0.2, 0.25) is 0 Å². The average Bonchev–Trinajstić information content (AvgIpc) is 3.10. The smallest absolute Gasteiger partial charge is 0.309 e. The van der Waals surface area contributed by atoms with E-state index in [1.165, 1.54) is 16.5 Å². The van der Waals surface area contributed by atoms with Gasteiger partial charge in [-0.2, -0.15) is 0 Å². The fourth-order valence-electron chi connectivity index (χ4n) is 9.84. The molecule has 1 aromatic carbocycles. The van der Waals surface area contributed by atoms with Crippen molar-refractivity contribution in [1.82, 2.24) is 0 Å². The van der Waals surface area contributed by atoms with Crippen molar-refractivity contribution in [1.29, 1.82) is 0 Å². The van der Waals surface area contributed by atoms with Crippen molar-refractivity contribution in [2.24, 2.45) is 51.8 Å². The van der Waals surface area contributed by atoms with Crippen LogP contribution in [0, 0.1) is 51.8 Å². The Hall–Kier alpha value is -2.63. The molecule has 0 aromatic heterocycles. The van der Waals surface area contributed by atoms with E-state index in [4.69, 9.17) is 0 Å². The van der Waals surface area contributed by atoms with Gasteiger partial charge in [0.25, 0.3) is 0 Å². The summed E-state index contributed by atoms with van der Waals surface area (Å²) in [6.07, 6.45) is 7.30. The molecule has 5 aliphatic carbocycles. The molecule has 6 nitrogen and oxygen atoms in total. The lowest BCUT2D eigenvalue weighted by Gasteiger charge is -2.68. The number of anilines is 1. The number of hydrogen-bond donors (Lipinski definition) is 2. The van der Waals surface area contributed by atoms with Gasteiger partial charge in [0.15, 0.2) is 0 Å². The second-order valence-corrected chi connectivity index (χ2v) is 13.0. The number of nitrogens with zero attached hydrogens (tertiary/aromatic N) is 1. The molecule has 8 atom stereocenters. The van der Waals surface area contributed by atoms with E-state index >= 15 is 0 Å². The molecule has 6 aliphatic rings. The normalized spacial score (nSPS) is 43.2. The van der Waals surface area contributed by atoms with Crippen LogP contribution in [0.4, 0.5) is 5.69 Å². The third-order valence-electron chi connectivity index (χ3n) is 11.2. The van der Waals surface area contributed by atoms with Gasteiger partial charge in [-0.1, -0.05) is 44.9 Å². The molecule has 2 bridgehead atoms. The van der Waals surface area contributed by atoms with Crippen molar-refractivity contribution < 1.29 is 24.6 Å². The average molecular weight is 492 g/mol. The highest BCUT2D eigenvalue weighted by molar-refractivity contribution is 6.23. The molecule has 2 N–H and O–H groups in total. The van der Waals surface area contributed by atoms with Gasteiger partial charge in [-0.05, 0) is 80.2 Å². The second kappa shape index (κ2) is 7.45. The van der Waals surface area contributed by atoms with E-state index in [-0.39, 0.29) is 52.6 Å². The van der Waals surface area contributed by atoms with Crippen LogP contribution in [-0.4, -0.2) is 28.0 Å². The zero-order valence-electron chi connectivity index (χ0n) is 21.7. The van der Waals surface area contributed by atoms with Gasteiger partial charge in [0, 0.05) is 11.5 Å². The molecule has 1 heterocycles. The van der Waals surface area contributed by atoms with E-state index in [2.05, 4.69) is 26.8 Å². The fourth-order valence-corrected chi connectivity index (χ4v) is 9.84. The van der Waals surface area contributed by atoms with Crippen LogP contribution in [0.5, 0.6) is 5.75 Å². The molecule has 0 radical (unpaired) electrons. The Balaban J connectivity index is 1.50. The fraction of sp³-hybridized carbons (Fsp3) is 0.633. The molecule has 1 aliphatic heterocycles. The second-order valence-electron chi connectivity index (χ2n) is 13.0. The summed E-state index contributed by atoms with van der Waals surface area (Å²) in [6, 6.07) is 6.43. The first-order valence-corrected chi connectivity index (χ1v) is 13.6. The Morgan fingerprint density at radius 3 is 2.50 bits per heavy atom. The van der Waals surface area contributed by atoms with Gasteiger partial charge in [0.1, 0.15) is 5.75 Å². The summed E-state index contributed by atoms with van der Waals surface area (Å²) in [5.74, 6) is -1.24. The van der Waals surface area contributed by atoms with Crippen LogP contribution in [0.25, 0.3) is 0 Å². The molecule has 1 spiro atoms. The van der Waals surface area contributed by atoms with Gasteiger partial charge in [-0.3, -0.25) is 14.4 Å². The first kappa shape index (κ1) is 23.7. The lowest BCUT2D eigenvalue weighted by atomic mass is 9.34. The number of carboxylic acid groups (broad SMARTS) is 1. The van der Waals surface area contributed by atoms with Crippen molar-refractivity contribution in [2.75, 3.05) is 4.90 Å². The summed E-state index contributed by atoms with van der Waals surface area (Å²) in [5.41, 5.74) is 0.366. The minimum Gasteiger partial charge on any atom is -0.508 e. The summed E-state index contributed by atoms with van der Waals surface area (Å²) in [6.45, 7) is 8.58. The number of amides is 2. The van der Waals surface area contributed by atoms with E-state index in [1.807, 2.05) is 6.92 Å². The highest BCUT2D eigenvalue weighted by Gasteiger charge is 2.73. The molecule has 192 valence electrons. The molecular formula is C30H37NO5. The van der Waals surface area contributed by atoms with Gasteiger partial charge < -0.3 is 10.2 Å². The third kappa shape index (κ3) is 2.76. The van der Waals surface area contributed by atoms with E-state index in [0.717, 1.165) is 32.1 Å². The van der Waals surface area contributed by atoms with Crippen LogP contribution in [0.3, 0.4) is 0 Å². The quantitative estimate of drug-likeness (QED) is 0.436. The number of allylic oxidation sites excluding steroid dienone is 2. The molecule has 2 amide bonds. The number of benzene rings is 1. The van der Waals surface area contributed by atoms with Crippen LogP contribution in [-0.2, 0) is 14.4 Å². The highest BCUT2D eigenvalue weighted by atomic mass is 16.4. The van der Waals surface area contributed by atoms with Crippen molar-refractivity contribution >= 4 is 23.5 Å². The number of imide groups is 1. The van der Waals surface area contributed by atoms with Crippen LogP contribution < -0.4 is 4.90 Å². The van der Waals surface area contributed by atoms with E-state index in [0.29, 0.717) is 12.1 Å². The lowest BCUT2D eigenvalue weighted by molar-refractivity contribution is -0.194. The number of rotatable bonds is 3. The molecule has 6 heteroatoms. The first-order valence-electron chi connectivity index (χ1n) is 13.6. The number of aromatic hydroxyl groups is 1. The molecule has 3 saturated carbocycles. The van der Waals surface area contributed by atoms with Crippen molar-refractivity contribution in [3.05, 3.63) is 35.9 Å². The topological polar surface area (TPSA) is 94.9 Å². The maximum Gasteiger partial charge on any atom is 0.309 e. The van der Waals surface area contributed by atoms with Gasteiger partial charge in [-0.25, -0.2) is 4.90 Å². The minimum atomic E-state index is -0.752. The molecule has 1 aromatic rings. The molecule has 1 saturated heterocycles. The standard InChI is InChI=1S/C30H37NO5/c1-16(2)20-15-30-12-9-21-28(3,10-6-11-29(21,4)27(35)36)22(30)14-19(20)23-24(30)26(34)31(25(23)33)17-7-5-8-18(32)13-17/h5,7-8,13,15-16,19,21-24,32H,6,9-12,14H2,1-4H3,(H,35,36)/t19-,21-,22-,23+,24+,28-,29+,30+/m0/s1. The summed E-state index contributed by atoms with van der Waals surface area (Å²) >= 11 is 0. The maximum atomic E-state index is 14.2. The largest absolute Gasteiger partial charge is 0.508 e. The number of fused-ring (bicyclic) bond motifs is 1. The summed E-state index contributed by atoms with van der Waals surface area (Å²) in [4.78, 5) is 42.0. The maximum absolute atomic E-state index is 14.2. The Bertz CT molecular complexity index is 1200. The number of aliphatic carboxylic acids is 1. The van der Waals surface area contributed by atoms with E-state index in [1.54, 1.807) is 18.2 Å². The monoisotopic (exact) mass is 491 g/mol. The van der Waals surface area contributed by atoms with Gasteiger partial charge in [0.05, 0.1) is 22.9 Å². The Morgan fingerprint density at radius 2 is 1.83 bits per heavy atom. The number of hydrogen-bond acceptors (Lipinski definition) is 4. The molecule has 4 fully saturated rings. The zero-order valence-corrected chi connectivity index (χ0v) is 21.7.